The number of nitrogens with zero attached hydrogens (tertiary/aromatic N) is 1. The normalized spacial score (nSPS) is 21.9. The Morgan fingerprint density at radius 3 is 2.68 bits per heavy atom. The van der Waals surface area contributed by atoms with E-state index in [1.165, 1.54) is 12.8 Å². The van der Waals surface area contributed by atoms with Crippen LogP contribution in [0, 0.1) is 5.92 Å². The predicted octanol–water partition coefficient (Wildman–Crippen LogP) is 3.38. The van der Waals surface area contributed by atoms with Crippen LogP contribution in [0.5, 0.6) is 5.75 Å². The Hall–Kier alpha value is -1.51. The fraction of sp³-hybridized carbons (Fsp3) is 0.562. The van der Waals surface area contributed by atoms with Crippen molar-refractivity contribution in [1.82, 2.24) is 0 Å². The third-order valence-corrected chi connectivity index (χ3v) is 4.05. The molecule has 1 heterocycles. The van der Waals surface area contributed by atoms with Gasteiger partial charge in [-0.05, 0) is 38.8 Å². The summed E-state index contributed by atoms with van der Waals surface area (Å²) in [4.78, 5) is 14.7. The van der Waals surface area contributed by atoms with Gasteiger partial charge >= 0.3 is 0 Å². The second kappa shape index (κ2) is 4.55. The van der Waals surface area contributed by atoms with Gasteiger partial charge in [0.15, 0.2) is 0 Å². The van der Waals surface area contributed by atoms with E-state index in [2.05, 4.69) is 0 Å². The van der Waals surface area contributed by atoms with E-state index in [-0.39, 0.29) is 17.4 Å². The smallest absolute Gasteiger partial charge is 0.230 e. The fourth-order valence-corrected chi connectivity index (χ4v) is 3.15. The molecule has 3 heteroatoms. The lowest BCUT2D eigenvalue weighted by atomic mass is 10.0. The summed E-state index contributed by atoms with van der Waals surface area (Å²) in [5, 5.41) is 0. The SMILES string of the molecule is CC1(C)CN(C(=O)C2CCCC2)c2ccccc2O1. The first-order chi connectivity index (χ1) is 9.07. The molecule has 0 bridgehead atoms. The Balaban J connectivity index is 1.93. The van der Waals surface area contributed by atoms with Crippen LogP contribution in [0.15, 0.2) is 24.3 Å². The summed E-state index contributed by atoms with van der Waals surface area (Å²) < 4.78 is 5.97. The average molecular weight is 259 g/mol. The highest BCUT2D eigenvalue weighted by atomic mass is 16.5. The first kappa shape index (κ1) is 12.5. The van der Waals surface area contributed by atoms with E-state index in [1.54, 1.807) is 0 Å². The molecular weight excluding hydrogens is 238 g/mol. The zero-order valence-corrected chi connectivity index (χ0v) is 11.7. The summed E-state index contributed by atoms with van der Waals surface area (Å²) in [6, 6.07) is 7.86. The quantitative estimate of drug-likeness (QED) is 0.773. The number of para-hydroxylation sites is 2. The lowest BCUT2D eigenvalue weighted by Gasteiger charge is -2.40. The molecule has 1 amide bonds. The monoisotopic (exact) mass is 259 g/mol. The van der Waals surface area contributed by atoms with Crippen molar-refractivity contribution in [2.75, 3.05) is 11.4 Å². The maximum Gasteiger partial charge on any atom is 0.230 e. The van der Waals surface area contributed by atoms with Crippen molar-refractivity contribution in [3.63, 3.8) is 0 Å². The molecule has 3 nitrogen and oxygen atoms in total. The molecule has 0 atom stereocenters. The van der Waals surface area contributed by atoms with E-state index in [0.717, 1.165) is 24.3 Å². The molecule has 2 aliphatic rings. The summed E-state index contributed by atoms with van der Waals surface area (Å²) in [5.41, 5.74) is 0.613. The van der Waals surface area contributed by atoms with Gasteiger partial charge in [0.1, 0.15) is 11.4 Å². The number of hydrogen-bond donors (Lipinski definition) is 0. The Kier molecular flexibility index (Phi) is 3.00. The summed E-state index contributed by atoms with van der Waals surface area (Å²) in [6.07, 6.45) is 4.45. The molecule has 0 saturated heterocycles. The molecule has 1 aromatic rings. The Bertz CT molecular complexity index is 489. The zero-order valence-electron chi connectivity index (χ0n) is 11.7. The second-order valence-corrected chi connectivity index (χ2v) is 6.24. The van der Waals surface area contributed by atoms with E-state index in [9.17, 15) is 4.79 Å². The molecule has 19 heavy (non-hydrogen) atoms. The first-order valence-electron chi connectivity index (χ1n) is 7.16. The van der Waals surface area contributed by atoms with Gasteiger partial charge in [0.25, 0.3) is 0 Å². The molecule has 0 unspecified atom stereocenters. The average Bonchev–Trinajstić information content (AvgIpc) is 2.89. The number of benzene rings is 1. The van der Waals surface area contributed by atoms with Crippen LogP contribution in [0.4, 0.5) is 5.69 Å². The molecule has 1 fully saturated rings. The summed E-state index contributed by atoms with van der Waals surface area (Å²) >= 11 is 0. The second-order valence-electron chi connectivity index (χ2n) is 6.24. The van der Waals surface area contributed by atoms with E-state index < -0.39 is 0 Å². The van der Waals surface area contributed by atoms with Gasteiger partial charge in [-0.25, -0.2) is 0 Å². The van der Waals surface area contributed by atoms with Gasteiger partial charge in [-0.2, -0.15) is 0 Å². The Morgan fingerprint density at radius 1 is 1.26 bits per heavy atom. The highest BCUT2D eigenvalue weighted by Crippen LogP contribution is 2.39. The lowest BCUT2D eigenvalue weighted by Crippen LogP contribution is -2.50. The maximum atomic E-state index is 12.7. The van der Waals surface area contributed by atoms with Crippen LogP contribution in [-0.4, -0.2) is 18.1 Å². The number of carbonyl (C=O) groups excluding carboxylic acids is 1. The molecule has 0 N–H and O–H groups in total. The van der Waals surface area contributed by atoms with E-state index in [0.29, 0.717) is 6.54 Å². The number of fused-ring (bicyclic) bond motifs is 1. The third kappa shape index (κ3) is 2.34. The molecule has 1 aliphatic carbocycles. The molecule has 1 aromatic carbocycles. The van der Waals surface area contributed by atoms with Crippen LogP contribution in [0.1, 0.15) is 39.5 Å². The molecular formula is C16H21NO2. The first-order valence-corrected chi connectivity index (χ1v) is 7.16. The van der Waals surface area contributed by atoms with Gasteiger partial charge < -0.3 is 9.64 Å². The molecule has 3 rings (SSSR count). The van der Waals surface area contributed by atoms with E-state index >= 15 is 0 Å². The van der Waals surface area contributed by atoms with Crippen molar-refractivity contribution in [3.8, 4) is 5.75 Å². The number of hydrogen-bond acceptors (Lipinski definition) is 2. The minimum Gasteiger partial charge on any atom is -0.484 e. The van der Waals surface area contributed by atoms with Gasteiger partial charge in [0, 0.05) is 5.92 Å². The van der Waals surface area contributed by atoms with Gasteiger partial charge in [-0.15, -0.1) is 0 Å². The molecule has 1 saturated carbocycles. The highest BCUT2D eigenvalue weighted by molar-refractivity contribution is 5.97. The van der Waals surface area contributed by atoms with Crippen LogP contribution in [0.2, 0.25) is 0 Å². The highest BCUT2D eigenvalue weighted by Gasteiger charge is 2.37. The van der Waals surface area contributed by atoms with Gasteiger partial charge in [-0.1, -0.05) is 25.0 Å². The summed E-state index contributed by atoms with van der Waals surface area (Å²) in [6.45, 7) is 4.72. The number of anilines is 1. The maximum absolute atomic E-state index is 12.7. The van der Waals surface area contributed by atoms with Gasteiger partial charge in [-0.3, -0.25) is 4.79 Å². The van der Waals surface area contributed by atoms with Gasteiger partial charge in [0.05, 0.1) is 12.2 Å². The minimum absolute atomic E-state index is 0.210. The van der Waals surface area contributed by atoms with E-state index in [4.69, 9.17) is 4.74 Å². The van der Waals surface area contributed by atoms with Crippen LogP contribution in [0.3, 0.4) is 0 Å². The molecule has 0 spiro atoms. The van der Waals surface area contributed by atoms with E-state index in [1.807, 2.05) is 43.0 Å². The third-order valence-electron chi connectivity index (χ3n) is 4.05. The number of carbonyl (C=O) groups is 1. The topological polar surface area (TPSA) is 29.5 Å². The van der Waals surface area contributed by atoms with Crippen molar-refractivity contribution in [2.24, 2.45) is 5.92 Å². The van der Waals surface area contributed by atoms with Crippen molar-refractivity contribution in [3.05, 3.63) is 24.3 Å². The van der Waals surface area contributed by atoms with Crippen LogP contribution < -0.4 is 9.64 Å². The Morgan fingerprint density at radius 2 is 1.95 bits per heavy atom. The predicted molar refractivity (Wildman–Crippen MR) is 75.5 cm³/mol. The van der Waals surface area contributed by atoms with Crippen molar-refractivity contribution in [2.45, 2.75) is 45.1 Å². The lowest BCUT2D eigenvalue weighted by molar-refractivity contribution is -0.123. The van der Waals surface area contributed by atoms with Crippen LogP contribution >= 0.6 is 0 Å². The fourth-order valence-electron chi connectivity index (χ4n) is 3.15. The number of ether oxygens (including phenoxy) is 1. The van der Waals surface area contributed by atoms with Crippen molar-refractivity contribution in [1.29, 1.82) is 0 Å². The van der Waals surface area contributed by atoms with Crippen molar-refractivity contribution < 1.29 is 9.53 Å². The molecule has 102 valence electrons. The Labute approximate surface area is 114 Å². The van der Waals surface area contributed by atoms with Crippen LogP contribution in [-0.2, 0) is 4.79 Å². The zero-order chi connectivity index (χ0) is 13.5. The summed E-state index contributed by atoms with van der Waals surface area (Å²) in [7, 11) is 0. The van der Waals surface area contributed by atoms with Crippen molar-refractivity contribution >= 4 is 11.6 Å². The minimum atomic E-state index is -0.317. The van der Waals surface area contributed by atoms with Gasteiger partial charge in [0.2, 0.25) is 5.91 Å². The largest absolute Gasteiger partial charge is 0.484 e. The molecule has 0 aromatic heterocycles. The van der Waals surface area contributed by atoms with Crippen LogP contribution in [0.25, 0.3) is 0 Å². The molecule has 0 radical (unpaired) electrons. The number of rotatable bonds is 1. The standard InChI is InChI=1S/C16H21NO2/c1-16(2)11-17(15(18)12-7-3-4-8-12)13-9-5-6-10-14(13)19-16/h5-6,9-10,12H,3-4,7-8,11H2,1-2H3. The summed E-state index contributed by atoms with van der Waals surface area (Å²) in [5.74, 6) is 1.31. The molecule has 1 aliphatic heterocycles. The number of amides is 1.